The van der Waals surface area contributed by atoms with Crippen molar-refractivity contribution in [3.8, 4) is 0 Å². The second kappa shape index (κ2) is 7.37. The van der Waals surface area contributed by atoms with Gasteiger partial charge in [0, 0.05) is 17.7 Å². The van der Waals surface area contributed by atoms with Gasteiger partial charge in [0.2, 0.25) is 5.91 Å². The lowest BCUT2D eigenvalue weighted by Crippen LogP contribution is -2.27. The predicted octanol–water partition coefficient (Wildman–Crippen LogP) is 2.99. The van der Waals surface area contributed by atoms with E-state index in [4.69, 9.17) is 0 Å². The van der Waals surface area contributed by atoms with Crippen molar-refractivity contribution >= 4 is 38.8 Å². The summed E-state index contributed by atoms with van der Waals surface area (Å²) in [7, 11) is -3.68. The Hall–Kier alpha value is -2.19. The van der Waals surface area contributed by atoms with Crippen LogP contribution < -0.4 is 10.6 Å². The summed E-state index contributed by atoms with van der Waals surface area (Å²) in [6.07, 6.45) is 0.702. The second-order valence-corrected chi connectivity index (χ2v) is 8.61. The van der Waals surface area contributed by atoms with Crippen molar-refractivity contribution in [1.29, 1.82) is 0 Å². The fourth-order valence-electron chi connectivity index (χ4n) is 2.65. The smallest absolute Gasteiger partial charge is 0.286 e. The molecule has 0 aliphatic carbocycles. The Bertz CT molecular complexity index is 890. The molecule has 1 aromatic heterocycles. The lowest BCUT2D eigenvalue weighted by atomic mass is 10.0. The van der Waals surface area contributed by atoms with Crippen molar-refractivity contribution in [3.05, 3.63) is 46.7 Å². The molecule has 0 bridgehead atoms. The van der Waals surface area contributed by atoms with E-state index in [1.807, 2.05) is 24.4 Å². The minimum atomic E-state index is -3.68. The number of benzene rings is 1. The van der Waals surface area contributed by atoms with Gasteiger partial charge in [-0.25, -0.2) is 0 Å². The van der Waals surface area contributed by atoms with E-state index in [2.05, 4.69) is 15.0 Å². The van der Waals surface area contributed by atoms with Crippen molar-refractivity contribution in [2.75, 3.05) is 5.32 Å². The van der Waals surface area contributed by atoms with Crippen LogP contribution in [-0.4, -0.2) is 20.2 Å². The Kier molecular flexibility index (Phi) is 5.19. The average Bonchev–Trinajstić information content (AvgIpc) is 3.05. The maximum atomic E-state index is 12.2. The standard InChI is InChI=1S/C17H19N3O3S2/c1-12(10-17(21)18-11-13-5-4-8-24-13)9-16-19-14-6-2-3-7-15(14)25(22,23)20-16/h2-8,12H,9-11H2,1H3,(H,18,21)(H,19,20)/t12-/m1/s1. The number of nitrogens with one attached hydrogen (secondary N) is 2. The third-order valence-corrected chi connectivity index (χ3v) is 6.04. The second-order valence-electron chi connectivity index (χ2n) is 6.00. The van der Waals surface area contributed by atoms with Crippen LogP contribution in [0.4, 0.5) is 5.69 Å². The molecule has 8 heteroatoms. The molecule has 6 nitrogen and oxygen atoms in total. The van der Waals surface area contributed by atoms with Gasteiger partial charge in [0.05, 0.1) is 12.2 Å². The van der Waals surface area contributed by atoms with Crippen molar-refractivity contribution in [3.63, 3.8) is 0 Å². The van der Waals surface area contributed by atoms with Gasteiger partial charge >= 0.3 is 0 Å². The fourth-order valence-corrected chi connectivity index (χ4v) is 4.45. The average molecular weight is 377 g/mol. The first-order valence-corrected chi connectivity index (χ1v) is 10.2. The van der Waals surface area contributed by atoms with Crippen LogP contribution in [0.5, 0.6) is 0 Å². The molecule has 1 aliphatic rings. The lowest BCUT2D eigenvalue weighted by molar-refractivity contribution is -0.122. The van der Waals surface area contributed by atoms with Gasteiger partial charge < -0.3 is 10.6 Å². The lowest BCUT2D eigenvalue weighted by Gasteiger charge is -2.20. The number of carbonyl (C=O) groups is 1. The molecule has 1 aliphatic heterocycles. The highest BCUT2D eigenvalue weighted by Crippen LogP contribution is 2.28. The predicted molar refractivity (Wildman–Crippen MR) is 99.2 cm³/mol. The number of amidine groups is 1. The van der Waals surface area contributed by atoms with Crippen LogP contribution in [0.1, 0.15) is 24.6 Å². The van der Waals surface area contributed by atoms with E-state index in [-0.39, 0.29) is 16.7 Å². The van der Waals surface area contributed by atoms with Crippen molar-refractivity contribution in [2.24, 2.45) is 10.3 Å². The molecule has 0 saturated carbocycles. The van der Waals surface area contributed by atoms with Gasteiger partial charge in [-0.15, -0.1) is 15.7 Å². The van der Waals surface area contributed by atoms with Crippen LogP contribution in [-0.2, 0) is 21.4 Å². The zero-order valence-electron chi connectivity index (χ0n) is 13.7. The number of fused-ring (bicyclic) bond motifs is 1. The van der Waals surface area contributed by atoms with Crippen LogP contribution in [0.15, 0.2) is 51.1 Å². The van der Waals surface area contributed by atoms with Crippen molar-refractivity contribution in [1.82, 2.24) is 5.32 Å². The molecule has 0 radical (unpaired) electrons. The summed E-state index contributed by atoms with van der Waals surface area (Å²) in [5, 5.41) is 7.90. The maximum Gasteiger partial charge on any atom is 0.286 e. The first-order chi connectivity index (χ1) is 11.9. The Morgan fingerprint density at radius 1 is 1.28 bits per heavy atom. The SMILES string of the molecule is C[C@@H](CC(=O)NCc1cccs1)CC1=NS(=O)(=O)c2ccccc2N1. The van der Waals surface area contributed by atoms with Crippen molar-refractivity contribution < 1.29 is 13.2 Å². The molecule has 0 unspecified atom stereocenters. The molecule has 0 spiro atoms. The summed E-state index contributed by atoms with van der Waals surface area (Å²) in [5.41, 5.74) is 0.529. The molecule has 2 aromatic rings. The van der Waals surface area contributed by atoms with Crippen LogP contribution >= 0.6 is 11.3 Å². The number of amides is 1. The van der Waals surface area contributed by atoms with E-state index in [1.165, 1.54) is 6.07 Å². The largest absolute Gasteiger partial charge is 0.351 e. The molecule has 0 saturated heterocycles. The number of anilines is 1. The molecule has 3 rings (SSSR count). The van der Waals surface area contributed by atoms with E-state index in [0.29, 0.717) is 30.9 Å². The number of thiophene rings is 1. The summed E-state index contributed by atoms with van der Waals surface area (Å²) in [6, 6.07) is 10.6. The molecule has 0 fully saturated rings. The Balaban J connectivity index is 1.57. The van der Waals surface area contributed by atoms with E-state index in [1.54, 1.807) is 29.5 Å². The van der Waals surface area contributed by atoms with Crippen LogP contribution in [0, 0.1) is 5.92 Å². The van der Waals surface area contributed by atoms with Crippen LogP contribution in [0.25, 0.3) is 0 Å². The quantitative estimate of drug-likeness (QED) is 0.810. The highest BCUT2D eigenvalue weighted by atomic mass is 32.2. The summed E-state index contributed by atoms with van der Waals surface area (Å²) in [4.78, 5) is 13.3. The molecule has 132 valence electrons. The topological polar surface area (TPSA) is 87.6 Å². The number of hydrogen-bond acceptors (Lipinski definition) is 5. The number of carbonyl (C=O) groups excluding carboxylic acids is 1. The van der Waals surface area contributed by atoms with Gasteiger partial charge in [-0.2, -0.15) is 8.42 Å². The van der Waals surface area contributed by atoms with E-state index < -0.39 is 10.0 Å². The third kappa shape index (κ3) is 4.46. The zero-order valence-corrected chi connectivity index (χ0v) is 15.4. The first kappa shape index (κ1) is 17.6. The Morgan fingerprint density at radius 3 is 2.84 bits per heavy atom. The number of rotatable bonds is 6. The normalized spacial score (nSPS) is 16.3. The highest BCUT2D eigenvalue weighted by Gasteiger charge is 2.25. The maximum absolute atomic E-state index is 12.2. The van der Waals surface area contributed by atoms with Crippen molar-refractivity contribution in [2.45, 2.75) is 31.2 Å². The highest BCUT2D eigenvalue weighted by molar-refractivity contribution is 7.90. The third-order valence-electron chi connectivity index (χ3n) is 3.79. The van der Waals surface area contributed by atoms with Crippen LogP contribution in [0.3, 0.4) is 0 Å². The summed E-state index contributed by atoms with van der Waals surface area (Å²) in [5.74, 6) is 0.285. The summed E-state index contributed by atoms with van der Waals surface area (Å²) in [6.45, 7) is 2.42. The minimum Gasteiger partial charge on any atom is -0.351 e. The molecule has 2 heterocycles. The van der Waals surface area contributed by atoms with Gasteiger partial charge in [0.1, 0.15) is 10.7 Å². The molecule has 1 atom stereocenters. The monoisotopic (exact) mass is 377 g/mol. The van der Waals surface area contributed by atoms with E-state index in [9.17, 15) is 13.2 Å². The molecular formula is C17H19N3O3S2. The first-order valence-electron chi connectivity index (χ1n) is 7.93. The summed E-state index contributed by atoms with van der Waals surface area (Å²) < 4.78 is 28.3. The Labute approximate surface area is 151 Å². The van der Waals surface area contributed by atoms with Gasteiger partial charge in [0.15, 0.2) is 0 Å². The minimum absolute atomic E-state index is 0.0324. The van der Waals surface area contributed by atoms with E-state index >= 15 is 0 Å². The number of sulfonamides is 1. The van der Waals surface area contributed by atoms with E-state index in [0.717, 1.165) is 4.88 Å². The molecule has 1 aromatic carbocycles. The number of nitrogens with zero attached hydrogens (tertiary/aromatic N) is 1. The number of para-hydroxylation sites is 1. The van der Waals surface area contributed by atoms with Gasteiger partial charge in [-0.3, -0.25) is 4.79 Å². The zero-order chi connectivity index (χ0) is 17.9. The molecule has 1 amide bonds. The van der Waals surface area contributed by atoms with Gasteiger partial charge in [-0.05, 0) is 29.5 Å². The molecule has 2 N–H and O–H groups in total. The summed E-state index contributed by atoms with van der Waals surface area (Å²) >= 11 is 1.59. The molecular weight excluding hydrogens is 358 g/mol. The number of hydrogen-bond donors (Lipinski definition) is 2. The molecule has 25 heavy (non-hydrogen) atoms. The van der Waals surface area contributed by atoms with Crippen LogP contribution in [0.2, 0.25) is 0 Å². The van der Waals surface area contributed by atoms with Gasteiger partial charge in [-0.1, -0.05) is 25.1 Å². The Morgan fingerprint density at radius 2 is 2.08 bits per heavy atom. The van der Waals surface area contributed by atoms with Gasteiger partial charge in [0.25, 0.3) is 10.0 Å². The fraction of sp³-hybridized carbons (Fsp3) is 0.294.